The number of esters is 1. The van der Waals surface area contributed by atoms with Gasteiger partial charge < -0.3 is 15.4 Å². The quantitative estimate of drug-likeness (QED) is 0.522. The molecule has 0 aliphatic rings. The van der Waals surface area contributed by atoms with Crippen molar-refractivity contribution in [2.75, 3.05) is 23.8 Å². The van der Waals surface area contributed by atoms with E-state index in [-0.39, 0.29) is 30.4 Å². The maximum Gasteiger partial charge on any atom is 0.341 e. The van der Waals surface area contributed by atoms with E-state index in [2.05, 4.69) is 10.6 Å². The number of thiophene rings is 1. The number of ketones is 1. The van der Waals surface area contributed by atoms with Crippen LogP contribution in [0.3, 0.4) is 0 Å². The molecule has 1 heterocycles. The van der Waals surface area contributed by atoms with Gasteiger partial charge in [0, 0.05) is 0 Å². The van der Waals surface area contributed by atoms with Crippen molar-refractivity contribution in [1.29, 1.82) is 0 Å². The van der Waals surface area contributed by atoms with Gasteiger partial charge in [0.25, 0.3) is 0 Å². The molecule has 0 saturated heterocycles. The Morgan fingerprint density at radius 1 is 1.22 bits per heavy atom. The Balaban J connectivity index is 2.17. The lowest BCUT2D eigenvalue weighted by atomic mass is 10.1. The fourth-order valence-electron chi connectivity index (χ4n) is 2.50. The van der Waals surface area contributed by atoms with Crippen molar-refractivity contribution in [3.8, 4) is 0 Å². The van der Waals surface area contributed by atoms with Crippen LogP contribution in [0.5, 0.6) is 0 Å². The maximum absolute atomic E-state index is 12.3. The molecule has 2 aromatic rings. The van der Waals surface area contributed by atoms with E-state index in [4.69, 9.17) is 16.3 Å². The second kappa shape index (κ2) is 9.01. The predicted molar refractivity (Wildman–Crippen MR) is 108 cm³/mol. The van der Waals surface area contributed by atoms with Crippen molar-refractivity contribution in [2.24, 2.45) is 0 Å². The zero-order valence-electron chi connectivity index (χ0n) is 15.6. The highest BCUT2D eigenvalue weighted by Gasteiger charge is 2.25. The van der Waals surface area contributed by atoms with Crippen LogP contribution in [0.2, 0.25) is 5.02 Å². The molecule has 0 spiro atoms. The molecule has 2 N–H and O–H groups in total. The number of nitrogens with one attached hydrogen (secondary N) is 2. The van der Waals surface area contributed by atoms with Crippen LogP contribution < -0.4 is 10.6 Å². The average molecular weight is 409 g/mol. The number of Topliss-reactive ketones (excluding diaryl/α,β-unsaturated/α-hetero) is 1. The molecule has 2 rings (SSSR count). The monoisotopic (exact) mass is 408 g/mol. The number of halogens is 1. The molecule has 0 bridgehead atoms. The number of carbonyl (C=O) groups is 3. The molecule has 1 aromatic carbocycles. The van der Waals surface area contributed by atoms with Crippen molar-refractivity contribution in [3.05, 3.63) is 44.8 Å². The highest BCUT2D eigenvalue weighted by atomic mass is 35.5. The Morgan fingerprint density at radius 3 is 2.52 bits per heavy atom. The van der Waals surface area contributed by atoms with Gasteiger partial charge in [-0.15, -0.1) is 11.3 Å². The summed E-state index contributed by atoms with van der Waals surface area (Å²) in [5, 5.41) is 6.46. The minimum absolute atomic E-state index is 0.0442. The van der Waals surface area contributed by atoms with Crippen molar-refractivity contribution < 1.29 is 19.1 Å². The SMILES string of the molecule is CCOC(=O)c1c(NC(=O)CNc2ccc(C)cc2Cl)sc(C(C)=O)c1C. The van der Waals surface area contributed by atoms with E-state index in [0.717, 1.165) is 16.9 Å². The summed E-state index contributed by atoms with van der Waals surface area (Å²) in [7, 11) is 0. The molecule has 8 heteroatoms. The van der Waals surface area contributed by atoms with Crippen LogP contribution in [0.25, 0.3) is 0 Å². The largest absolute Gasteiger partial charge is 0.462 e. The summed E-state index contributed by atoms with van der Waals surface area (Å²) in [6, 6.07) is 5.47. The van der Waals surface area contributed by atoms with Gasteiger partial charge in [-0.05, 0) is 51.0 Å². The first-order valence-corrected chi connectivity index (χ1v) is 9.55. The molecule has 1 aromatic heterocycles. The molecule has 0 atom stereocenters. The zero-order chi connectivity index (χ0) is 20.1. The van der Waals surface area contributed by atoms with E-state index in [1.165, 1.54) is 6.92 Å². The predicted octanol–water partition coefficient (Wildman–Crippen LogP) is 4.45. The van der Waals surface area contributed by atoms with Crippen LogP contribution in [-0.4, -0.2) is 30.8 Å². The fourth-order valence-corrected chi connectivity index (χ4v) is 3.90. The number of benzene rings is 1. The smallest absolute Gasteiger partial charge is 0.341 e. The molecule has 6 nitrogen and oxygen atoms in total. The van der Waals surface area contributed by atoms with Gasteiger partial charge in [0.1, 0.15) is 5.00 Å². The van der Waals surface area contributed by atoms with Gasteiger partial charge in [0.2, 0.25) is 5.91 Å². The second-order valence-electron chi connectivity index (χ2n) is 5.92. The molecule has 1 amide bonds. The highest BCUT2D eigenvalue weighted by molar-refractivity contribution is 7.18. The van der Waals surface area contributed by atoms with Crippen LogP contribution in [0, 0.1) is 13.8 Å². The average Bonchev–Trinajstić information content (AvgIpc) is 2.90. The molecular weight excluding hydrogens is 388 g/mol. The van der Waals surface area contributed by atoms with E-state index >= 15 is 0 Å². The second-order valence-corrected chi connectivity index (χ2v) is 7.35. The number of amides is 1. The number of hydrogen-bond donors (Lipinski definition) is 2. The first kappa shape index (κ1) is 20.9. The number of hydrogen-bond acceptors (Lipinski definition) is 6. The van der Waals surface area contributed by atoms with Crippen molar-refractivity contribution >= 4 is 51.3 Å². The molecular formula is C19H21ClN2O4S. The molecule has 0 saturated carbocycles. The Labute approximate surface area is 166 Å². The number of anilines is 2. The standard InChI is InChI=1S/C19H21ClN2O4S/c1-5-26-19(25)16-11(3)17(12(4)23)27-18(16)22-15(24)9-21-14-7-6-10(2)8-13(14)20/h6-8,21H,5,9H2,1-4H3,(H,22,24). The number of aryl methyl sites for hydroxylation is 1. The normalized spacial score (nSPS) is 10.4. The zero-order valence-corrected chi connectivity index (χ0v) is 17.1. The minimum atomic E-state index is -0.566. The molecule has 0 unspecified atom stereocenters. The van der Waals surface area contributed by atoms with E-state index in [1.807, 2.05) is 13.0 Å². The molecule has 0 fully saturated rings. The highest BCUT2D eigenvalue weighted by Crippen LogP contribution is 2.34. The Hall–Kier alpha value is -2.38. The van der Waals surface area contributed by atoms with Gasteiger partial charge in [-0.3, -0.25) is 9.59 Å². The first-order valence-electron chi connectivity index (χ1n) is 8.35. The lowest BCUT2D eigenvalue weighted by Gasteiger charge is -2.10. The van der Waals surface area contributed by atoms with E-state index in [9.17, 15) is 14.4 Å². The Morgan fingerprint density at radius 2 is 1.93 bits per heavy atom. The number of rotatable bonds is 7. The lowest BCUT2D eigenvalue weighted by molar-refractivity contribution is -0.114. The minimum Gasteiger partial charge on any atom is -0.462 e. The van der Waals surface area contributed by atoms with Crippen molar-refractivity contribution in [3.63, 3.8) is 0 Å². The number of carbonyl (C=O) groups excluding carboxylic acids is 3. The summed E-state index contributed by atoms with van der Waals surface area (Å²) in [5.74, 6) is -1.11. The summed E-state index contributed by atoms with van der Waals surface area (Å²) in [4.78, 5) is 36.8. The van der Waals surface area contributed by atoms with E-state index < -0.39 is 5.97 Å². The van der Waals surface area contributed by atoms with Gasteiger partial charge in [-0.2, -0.15) is 0 Å². The van der Waals surface area contributed by atoms with Gasteiger partial charge in [0.15, 0.2) is 5.78 Å². The third-order valence-corrected chi connectivity index (χ3v) is 5.38. The lowest BCUT2D eigenvalue weighted by Crippen LogP contribution is -2.22. The van der Waals surface area contributed by atoms with E-state index in [0.29, 0.717) is 26.2 Å². The molecule has 0 aliphatic heterocycles. The van der Waals surface area contributed by atoms with Gasteiger partial charge in [0.05, 0.1) is 34.3 Å². The van der Waals surface area contributed by atoms with Crippen LogP contribution in [0.4, 0.5) is 10.7 Å². The first-order chi connectivity index (χ1) is 12.7. The summed E-state index contributed by atoms with van der Waals surface area (Å²) in [6.45, 7) is 6.85. The number of ether oxygens (including phenoxy) is 1. The van der Waals surface area contributed by atoms with Crippen molar-refractivity contribution in [2.45, 2.75) is 27.7 Å². The third kappa shape index (κ3) is 5.08. The van der Waals surface area contributed by atoms with Crippen LogP contribution >= 0.6 is 22.9 Å². The molecule has 0 aliphatic carbocycles. The molecule has 0 radical (unpaired) electrons. The topological polar surface area (TPSA) is 84.5 Å². The summed E-state index contributed by atoms with van der Waals surface area (Å²) >= 11 is 7.21. The summed E-state index contributed by atoms with van der Waals surface area (Å²) in [6.07, 6.45) is 0. The third-order valence-electron chi connectivity index (χ3n) is 3.76. The van der Waals surface area contributed by atoms with Gasteiger partial charge >= 0.3 is 5.97 Å². The van der Waals surface area contributed by atoms with E-state index in [1.54, 1.807) is 26.0 Å². The van der Waals surface area contributed by atoms with Crippen LogP contribution in [0.1, 0.15) is 45.0 Å². The molecule has 144 valence electrons. The molecule has 27 heavy (non-hydrogen) atoms. The summed E-state index contributed by atoms with van der Waals surface area (Å²) in [5.41, 5.74) is 2.37. The van der Waals surface area contributed by atoms with Gasteiger partial charge in [-0.25, -0.2) is 4.79 Å². The van der Waals surface area contributed by atoms with Gasteiger partial charge in [-0.1, -0.05) is 17.7 Å². The fraction of sp³-hybridized carbons (Fsp3) is 0.316. The Kier molecular flexibility index (Phi) is 6.98. The van der Waals surface area contributed by atoms with Crippen LogP contribution in [-0.2, 0) is 9.53 Å². The summed E-state index contributed by atoms with van der Waals surface area (Å²) < 4.78 is 5.05. The van der Waals surface area contributed by atoms with Crippen LogP contribution in [0.15, 0.2) is 18.2 Å². The maximum atomic E-state index is 12.3. The Bertz CT molecular complexity index is 892. The van der Waals surface area contributed by atoms with Crippen molar-refractivity contribution in [1.82, 2.24) is 0 Å².